The van der Waals surface area contributed by atoms with E-state index in [2.05, 4.69) is 69.5 Å². The molecule has 3 heterocycles. The van der Waals surface area contributed by atoms with Gasteiger partial charge >= 0.3 is 20.1 Å². The van der Waals surface area contributed by atoms with E-state index in [0.717, 1.165) is 33.8 Å². The third kappa shape index (κ3) is 8.42. The molecule has 0 radical (unpaired) electrons. The minimum atomic E-state index is 0. The van der Waals surface area contributed by atoms with Crippen molar-refractivity contribution >= 4 is 21.5 Å². The zero-order valence-corrected chi connectivity index (χ0v) is 26.7. The molecule has 3 nitrogen and oxygen atoms in total. The summed E-state index contributed by atoms with van der Waals surface area (Å²) in [5.74, 6) is 0. The van der Waals surface area contributed by atoms with Crippen molar-refractivity contribution in [2.75, 3.05) is 0 Å². The van der Waals surface area contributed by atoms with E-state index < -0.39 is 0 Å². The smallest absolute Gasteiger partial charge is 0.305 e. The zero-order chi connectivity index (χ0) is 29.8. The SMILES string of the molecule is [Ir+3].[c-]1ccccc1-c1cc2ccccc2cn1.[c-]1ccccc1-c1cc2ccccc2cn1.[c-]1ccccc1-c1ccccn1. The van der Waals surface area contributed by atoms with Gasteiger partial charge < -0.3 is 15.0 Å². The summed E-state index contributed by atoms with van der Waals surface area (Å²) < 4.78 is 0. The van der Waals surface area contributed by atoms with Crippen LogP contribution >= 0.6 is 0 Å². The van der Waals surface area contributed by atoms with Gasteiger partial charge in [-0.15, -0.1) is 108 Å². The molecule has 0 N–H and O–H groups in total. The van der Waals surface area contributed by atoms with Gasteiger partial charge in [0.15, 0.2) is 0 Å². The first-order valence-corrected chi connectivity index (χ1v) is 14.4. The maximum Gasteiger partial charge on any atom is 3.00 e. The van der Waals surface area contributed by atoms with Gasteiger partial charge in [0, 0.05) is 18.6 Å². The van der Waals surface area contributed by atoms with Crippen molar-refractivity contribution in [3.63, 3.8) is 0 Å². The number of fused-ring (bicyclic) bond motifs is 2. The second-order valence-corrected chi connectivity index (χ2v) is 9.88. The molecule has 0 saturated carbocycles. The van der Waals surface area contributed by atoms with E-state index in [0.29, 0.717) is 0 Å². The molecule has 8 aromatic rings. The van der Waals surface area contributed by atoms with Gasteiger partial charge in [0.2, 0.25) is 0 Å². The number of nitrogens with zero attached hydrogens (tertiary/aromatic N) is 3. The van der Waals surface area contributed by atoms with Crippen LogP contribution < -0.4 is 0 Å². The molecule has 4 heteroatoms. The van der Waals surface area contributed by atoms with Crippen LogP contribution in [0, 0.1) is 18.2 Å². The van der Waals surface area contributed by atoms with Gasteiger partial charge in [0.25, 0.3) is 0 Å². The minimum Gasteiger partial charge on any atom is -0.305 e. The van der Waals surface area contributed by atoms with Crippen molar-refractivity contribution in [2.24, 2.45) is 0 Å². The van der Waals surface area contributed by atoms with Crippen molar-refractivity contribution in [2.45, 2.75) is 0 Å². The van der Waals surface area contributed by atoms with Gasteiger partial charge in [0.1, 0.15) is 0 Å². The third-order valence-corrected chi connectivity index (χ3v) is 6.88. The standard InChI is InChI=1S/2C15H10N.C11H8N.Ir/c2*1-2-6-12(7-3-1)15-10-13-8-4-5-9-14(13)11-16-15;1-2-6-10(7-3-1)11-8-4-5-9-12-11;/h2*1-6,8-11H;1-6,8-9H;/q3*-1;+3. The second-order valence-electron chi connectivity index (χ2n) is 9.88. The zero-order valence-electron chi connectivity index (χ0n) is 24.3. The van der Waals surface area contributed by atoms with E-state index in [1.165, 1.54) is 21.5 Å². The van der Waals surface area contributed by atoms with Gasteiger partial charge in [-0.05, 0) is 44.7 Å². The molecule has 0 unspecified atom stereocenters. The molecule has 0 aliphatic heterocycles. The van der Waals surface area contributed by atoms with Crippen molar-refractivity contribution in [1.29, 1.82) is 0 Å². The largest absolute Gasteiger partial charge is 3.00 e. The quantitative estimate of drug-likeness (QED) is 0.169. The average molecular weight is 755 g/mol. The molecule has 216 valence electrons. The average Bonchev–Trinajstić information content (AvgIpc) is 3.13. The van der Waals surface area contributed by atoms with Crippen molar-refractivity contribution in [3.8, 4) is 33.8 Å². The van der Waals surface area contributed by atoms with Gasteiger partial charge in [-0.1, -0.05) is 72.8 Å². The molecule has 3 aromatic heterocycles. The monoisotopic (exact) mass is 755 g/mol. The summed E-state index contributed by atoms with van der Waals surface area (Å²) in [6.07, 6.45) is 5.60. The molecule has 0 aliphatic carbocycles. The Balaban J connectivity index is 0.000000134. The van der Waals surface area contributed by atoms with Crippen LogP contribution in [0.2, 0.25) is 0 Å². The molecular formula is C41H28IrN3. The van der Waals surface area contributed by atoms with Gasteiger partial charge in [-0.25, -0.2) is 0 Å². The molecule has 0 atom stereocenters. The summed E-state index contributed by atoms with van der Waals surface area (Å²) in [5.41, 5.74) is 6.02. The van der Waals surface area contributed by atoms with Gasteiger partial charge in [-0.2, -0.15) is 0 Å². The number of pyridine rings is 3. The minimum absolute atomic E-state index is 0. The molecule has 5 aromatic carbocycles. The number of hydrogen-bond donors (Lipinski definition) is 0. The summed E-state index contributed by atoms with van der Waals surface area (Å²) in [7, 11) is 0. The molecule has 0 bridgehead atoms. The van der Waals surface area contributed by atoms with Gasteiger partial charge in [-0.3, -0.25) is 0 Å². The Kier molecular flexibility index (Phi) is 11.1. The van der Waals surface area contributed by atoms with Crippen LogP contribution in [0.4, 0.5) is 0 Å². The number of hydrogen-bond acceptors (Lipinski definition) is 3. The molecule has 0 aliphatic rings. The van der Waals surface area contributed by atoms with Crippen molar-refractivity contribution < 1.29 is 20.1 Å². The Labute approximate surface area is 277 Å². The molecule has 0 saturated heterocycles. The van der Waals surface area contributed by atoms with E-state index in [1.54, 1.807) is 6.20 Å². The summed E-state index contributed by atoms with van der Waals surface area (Å²) in [6.45, 7) is 0. The molecule has 0 spiro atoms. The van der Waals surface area contributed by atoms with Crippen LogP contribution in [-0.2, 0) is 20.1 Å². The fraction of sp³-hybridized carbons (Fsp3) is 0. The summed E-state index contributed by atoms with van der Waals surface area (Å²) in [6, 6.07) is 59.7. The molecular weight excluding hydrogens is 727 g/mol. The van der Waals surface area contributed by atoms with Crippen molar-refractivity contribution in [3.05, 3.63) is 188 Å². The normalized spacial score (nSPS) is 10.0. The van der Waals surface area contributed by atoms with E-state index in [1.807, 2.05) is 128 Å². The van der Waals surface area contributed by atoms with Crippen LogP contribution in [0.5, 0.6) is 0 Å². The molecule has 0 fully saturated rings. The second kappa shape index (κ2) is 16.0. The predicted molar refractivity (Wildman–Crippen MR) is 181 cm³/mol. The molecule has 0 amide bonds. The first-order chi connectivity index (χ1) is 21.8. The van der Waals surface area contributed by atoms with Crippen LogP contribution in [0.15, 0.2) is 170 Å². The summed E-state index contributed by atoms with van der Waals surface area (Å²) >= 11 is 0. The fourth-order valence-electron chi connectivity index (χ4n) is 4.64. The van der Waals surface area contributed by atoms with E-state index in [4.69, 9.17) is 0 Å². The van der Waals surface area contributed by atoms with Crippen molar-refractivity contribution in [1.82, 2.24) is 15.0 Å². The fourth-order valence-corrected chi connectivity index (χ4v) is 4.64. The van der Waals surface area contributed by atoms with E-state index in [9.17, 15) is 0 Å². The maximum absolute atomic E-state index is 4.45. The Morgan fingerprint density at radius 3 is 1.16 bits per heavy atom. The number of rotatable bonds is 3. The first-order valence-electron chi connectivity index (χ1n) is 14.4. The Hall–Kier alpha value is -5.28. The summed E-state index contributed by atoms with van der Waals surface area (Å²) in [5, 5.41) is 4.76. The van der Waals surface area contributed by atoms with E-state index >= 15 is 0 Å². The number of benzene rings is 5. The van der Waals surface area contributed by atoms with Gasteiger partial charge in [0.05, 0.1) is 0 Å². The Bertz CT molecular complexity index is 1900. The topological polar surface area (TPSA) is 38.7 Å². The maximum atomic E-state index is 4.45. The Morgan fingerprint density at radius 2 is 0.756 bits per heavy atom. The summed E-state index contributed by atoms with van der Waals surface area (Å²) in [4.78, 5) is 13.1. The molecule has 8 rings (SSSR count). The van der Waals surface area contributed by atoms with Crippen LogP contribution in [0.3, 0.4) is 0 Å². The first kappa shape index (κ1) is 31.2. The van der Waals surface area contributed by atoms with E-state index in [-0.39, 0.29) is 20.1 Å². The third-order valence-electron chi connectivity index (χ3n) is 6.88. The number of aromatic nitrogens is 3. The predicted octanol–water partition coefficient (Wildman–Crippen LogP) is 9.95. The molecule has 45 heavy (non-hydrogen) atoms. The van der Waals surface area contributed by atoms with Crippen LogP contribution in [0.1, 0.15) is 0 Å². The van der Waals surface area contributed by atoms with Crippen LogP contribution in [-0.4, -0.2) is 15.0 Å². The Morgan fingerprint density at radius 1 is 0.356 bits per heavy atom. The van der Waals surface area contributed by atoms with Crippen LogP contribution in [0.25, 0.3) is 55.3 Å².